The quantitative estimate of drug-likeness (QED) is 0.943. The van der Waals surface area contributed by atoms with Crippen molar-refractivity contribution in [1.82, 2.24) is 9.78 Å². The molecule has 2 aromatic rings. The highest BCUT2D eigenvalue weighted by atomic mass is 32.2. The van der Waals surface area contributed by atoms with Crippen molar-refractivity contribution < 1.29 is 8.42 Å². The Morgan fingerprint density at radius 3 is 2.38 bits per heavy atom. The molecule has 114 valence electrons. The number of nitrogens with one attached hydrogen (secondary N) is 1. The summed E-state index contributed by atoms with van der Waals surface area (Å²) in [6, 6.07) is 5.73. The smallest absolute Gasteiger partial charge is 0.265 e. The van der Waals surface area contributed by atoms with Gasteiger partial charge >= 0.3 is 0 Å². The van der Waals surface area contributed by atoms with Crippen molar-refractivity contribution in [3.8, 4) is 0 Å². The Morgan fingerprint density at radius 2 is 1.86 bits per heavy atom. The van der Waals surface area contributed by atoms with Crippen LogP contribution in [0, 0.1) is 20.8 Å². The molecule has 21 heavy (non-hydrogen) atoms. The number of hydrogen-bond acceptors (Lipinski definition) is 3. The van der Waals surface area contributed by atoms with E-state index in [1.54, 1.807) is 23.9 Å². The average molecular weight is 307 g/mol. The fourth-order valence-corrected chi connectivity index (χ4v) is 3.43. The molecule has 1 heterocycles. The van der Waals surface area contributed by atoms with E-state index in [-0.39, 0.29) is 10.9 Å². The third-order valence-electron chi connectivity index (χ3n) is 3.32. The van der Waals surface area contributed by atoms with Crippen LogP contribution in [-0.4, -0.2) is 18.2 Å². The maximum Gasteiger partial charge on any atom is 0.265 e. The van der Waals surface area contributed by atoms with Crippen LogP contribution in [0.4, 0.5) is 5.69 Å². The highest BCUT2D eigenvalue weighted by molar-refractivity contribution is 7.92. The number of nitrogens with zero attached hydrogens (tertiary/aromatic N) is 2. The first kappa shape index (κ1) is 15.6. The van der Waals surface area contributed by atoms with E-state index in [4.69, 9.17) is 0 Å². The third kappa shape index (κ3) is 3.26. The minimum atomic E-state index is -3.63. The monoisotopic (exact) mass is 307 g/mol. The van der Waals surface area contributed by atoms with Crippen molar-refractivity contribution >= 4 is 15.7 Å². The predicted molar refractivity (Wildman–Crippen MR) is 84.1 cm³/mol. The Morgan fingerprint density at radius 1 is 1.19 bits per heavy atom. The lowest BCUT2D eigenvalue weighted by Crippen LogP contribution is -2.14. The van der Waals surface area contributed by atoms with Gasteiger partial charge in [0.15, 0.2) is 0 Å². The Balaban J connectivity index is 2.38. The molecule has 1 aromatic carbocycles. The Kier molecular flexibility index (Phi) is 4.09. The molecule has 6 heteroatoms. The molecule has 0 unspecified atom stereocenters. The SMILES string of the molecule is Cc1ccc(NS(=O)(=O)c2cn(C(C)C)nc2C)c(C)c1. The lowest BCUT2D eigenvalue weighted by Gasteiger charge is -2.10. The molecule has 2 rings (SSSR count). The van der Waals surface area contributed by atoms with E-state index >= 15 is 0 Å². The van der Waals surface area contributed by atoms with Gasteiger partial charge in [0.05, 0.1) is 11.4 Å². The van der Waals surface area contributed by atoms with Gasteiger partial charge < -0.3 is 0 Å². The normalized spacial score (nSPS) is 11.9. The first-order valence-corrected chi connectivity index (χ1v) is 8.35. The molecule has 0 aliphatic carbocycles. The summed E-state index contributed by atoms with van der Waals surface area (Å²) in [6.45, 7) is 9.48. The highest BCUT2D eigenvalue weighted by Gasteiger charge is 2.21. The number of aryl methyl sites for hydroxylation is 3. The summed E-state index contributed by atoms with van der Waals surface area (Å²) in [6.07, 6.45) is 1.58. The van der Waals surface area contributed by atoms with Gasteiger partial charge in [-0.15, -0.1) is 0 Å². The van der Waals surface area contributed by atoms with Crippen molar-refractivity contribution in [2.45, 2.75) is 45.6 Å². The minimum absolute atomic E-state index is 0.119. The molecule has 0 atom stereocenters. The lowest BCUT2D eigenvalue weighted by molar-refractivity contribution is 0.528. The molecule has 0 bridgehead atoms. The number of hydrogen-bond donors (Lipinski definition) is 1. The van der Waals surface area contributed by atoms with E-state index in [9.17, 15) is 8.42 Å². The first-order valence-electron chi connectivity index (χ1n) is 6.86. The van der Waals surface area contributed by atoms with Gasteiger partial charge in [-0.3, -0.25) is 9.40 Å². The summed E-state index contributed by atoms with van der Waals surface area (Å²) in [4.78, 5) is 0.219. The average Bonchev–Trinajstić information content (AvgIpc) is 2.76. The summed E-state index contributed by atoms with van der Waals surface area (Å²) >= 11 is 0. The molecule has 1 N–H and O–H groups in total. The van der Waals surface area contributed by atoms with E-state index in [0.717, 1.165) is 11.1 Å². The summed E-state index contributed by atoms with van der Waals surface area (Å²) < 4.78 is 29.4. The number of aromatic nitrogens is 2. The van der Waals surface area contributed by atoms with E-state index in [0.29, 0.717) is 11.4 Å². The highest BCUT2D eigenvalue weighted by Crippen LogP contribution is 2.23. The van der Waals surface area contributed by atoms with Crippen LogP contribution >= 0.6 is 0 Å². The van der Waals surface area contributed by atoms with Crippen LogP contribution in [0.3, 0.4) is 0 Å². The van der Waals surface area contributed by atoms with Crippen LogP contribution < -0.4 is 4.72 Å². The summed E-state index contributed by atoms with van der Waals surface area (Å²) in [5.41, 5.74) is 3.09. The van der Waals surface area contributed by atoms with Gasteiger partial charge in [-0.2, -0.15) is 5.10 Å². The summed E-state index contributed by atoms with van der Waals surface area (Å²) in [7, 11) is -3.63. The molecule has 0 fully saturated rings. The van der Waals surface area contributed by atoms with Gasteiger partial charge in [-0.05, 0) is 46.2 Å². The van der Waals surface area contributed by atoms with Crippen molar-refractivity contribution in [3.63, 3.8) is 0 Å². The summed E-state index contributed by atoms with van der Waals surface area (Å²) in [5.74, 6) is 0. The Labute approximate surface area is 126 Å². The summed E-state index contributed by atoms with van der Waals surface area (Å²) in [5, 5.41) is 4.25. The van der Waals surface area contributed by atoms with Gasteiger partial charge in [-0.1, -0.05) is 17.7 Å². The molecule has 0 aliphatic rings. The molecule has 0 aliphatic heterocycles. The molecule has 0 saturated carbocycles. The topological polar surface area (TPSA) is 64.0 Å². The van der Waals surface area contributed by atoms with E-state index in [1.807, 2.05) is 39.8 Å². The number of sulfonamides is 1. The molecule has 1 aromatic heterocycles. The number of rotatable bonds is 4. The lowest BCUT2D eigenvalue weighted by atomic mass is 10.1. The number of anilines is 1. The van der Waals surface area contributed by atoms with Crippen LogP contribution in [0.25, 0.3) is 0 Å². The van der Waals surface area contributed by atoms with Crippen LogP contribution in [-0.2, 0) is 10.0 Å². The molecule has 0 spiro atoms. The second-order valence-electron chi connectivity index (χ2n) is 5.58. The van der Waals surface area contributed by atoms with Gasteiger partial charge in [-0.25, -0.2) is 8.42 Å². The fourth-order valence-electron chi connectivity index (χ4n) is 2.12. The molecular weight excluding hydrogens is 286 g/mol. The van der Waals surface area contributed by atoms with E-state index in [2.05, 4.69) is 9.82 Å². The molecule has 0 radical (unpaired) electrons. The fraction of sp³-hybridized carbons (Fsp3) is 0.400. The second-order valence-corrected chi connectivity index (χ2v) is 7.23. The molecule has 5 nitrogen and oxygen atoms in total. The largest absolute Gasteiger partial charge is 0.279 e. The van der Waals surface area contributed by atoms with Crippen molar-refractivity contribution in [3.05, 3.63) is 41.2 Å². The number of benzene rings is 1. The molecule has 0 saturated heterocycles. The van der Waals surface area contributed by atoms with Crippen molar-refractivity contribution in [2.24, 2.45) is 0 Å². The van der Waals surface area contributed by atoms with Gasteiger partial charge in [0.2, 0.25) is 0 Å². The zero-order chi connectivity index (χ0) is 15.8. The zero-order valence-electron chi connectivity index (χ0n) is 13.0. The maximum absolute atomic E-state index is 12.5. The Hall–Kier alpha value is -1.82. The molecule has 0 amide bonds. The third-order valence-corrected chi connectivity index (χ3v) is 4.78. The van der Waals surface area contributed by atoms with Gasteiger partial charge in [0, 0.05) is 12.2 Å². The van der Waals surface area contributed by atoms with Gasteiger partial charge in [0.25, 0.3) is 10.0 Å². The van der Waals surface area contributed by atoms with E-state index in [1.165, 1.54) is 0 Å². The predicted octanol–water partition coefficient (Wildman–Crippen LogP) is 3.19. The van der Waals surface area contributed by atoms with Crippen LogP contribution in [0.2, 0.25) is 0 Å². The van der Waals surface area contributed by atoms with Gasteiger partial charge in [0.1, 0.15) is 4.90 Å². The van der Waals surface area contributed by atoms with Crippen molar-refractivity contribution in [1.29, 1.82) is 0 Å². The van der Waals surface area contributed by atoms with Crippen LogP contribution in [0.1, 0.15) is 36.7 Å². The first-order chi connectivity index (χ1) is 9.70. The van der Waals surface area contributed by atoms with Crippen LogP contribution in [0.5, 0.6) is 0 Å². The Bertz CT molecular complexity index is 761. The van der Waals surface area contributed by atoms with Crippen molar-refractivity contribution in [2.75, 3.05) is 4.72 Å². The zero-order valence-corrected chi connectivity index (χ0v) is 13.8. The second kappa shape index (κ2) is 5.52. The van der Waals surface area contributed by atoms with E-state index < -0.39 is 10.0 Å². The van der Waals surface area contributed by atoms with Crippen LogP contribution in [0.15, 0.2) is 29.3 Å². The molecular formula is C15H21N3O2S. The maximum atomic E-state index is 12.5. The standard InChI is InChI=1S/C15H21N3O2S/c1-10(2)18-9-15(13(5)16-18)21(19,20)17-14-7-6-11(3)8-12(14)4/h6-10,17H,1-5H3. The minimum Gasteiger partial charge on any atom is -0.279 e.